The molecule has 36 heavy (non-hydrogen) atoms. The number of anilines is 2. The van der Waals surface area contributed by atoms with Crippen LogP contribution in [0.25, 0.3) is 0 Å². The summed E-state index contributed by atoms with van der Waals surface area (Å²) in [5.74, 6) is 0.339. The highest BCUT2D eigenvalue weighted by Gasteiger charge is 2.25. The molecule has 2 aromatic carbocycles. The standard InChI is InChI=1S/C27H32FN5O3/c1-27(2,3)23-17-24(32(4)31-23)30-26(35)29-20-14-19(28)15-22(16-20)36-21-10-12-33(13-11-21)25(34)18-8-6-5-7-9-18/h5-9,14-17,21H,10-13H2,1-4H3,(H2,29,30,35). The van der Waals surface area contributed by atoms with E-state index in [-0.39, 0.29) is 23.1 Å². The second-order valence-electron chi connectivity index (χ2n) is 10.0. The first-order valence-electron chi connectivity index (χ1n) is 12.0. The van der Waals surface area contributed by atoms with Crippen molar-refractivity contribution < 1.29 is 18.7 Å². The van der Waals surface area contributed by atoms with Crippen molar-refractivity contribution in [2.45, 2.75) is 45.1 Å². The molecule has 2 N–H and O–H groups in total. The van der Waals surface area contributed by atoms with Crippen LogP contribution in [0.5, 0.6) is 5.75 Å². The molecule has 0 aliphatic carbocycles. The molecule has 190 valence electrons. The van der Waals surface area contributed by atoms with E-state index in [9.17, 15) is 14.0 Å². The lowest BCUT2D eigenvalue weighted by atomic mass is 9.92. The van der Waals surface area contributed by atoms with Gasteiger partial charge in [0.1, 0.15) is 23.5 Å². The minimum Gasteiger partial charge on any atom is -0.490 e. The average molecular weight is 494 g/mol. The highest BCUT2D eigenvalue weighted by atomic mass is 19.1. The number of halogens is 1. The minimum absolute atomic E-state index is 0.000322. The fraction of sp³-hybridized carbons (Fsp3) is 0.370. The van der Waals surface area contributed by atoms with E-state index < -0.39 is 11.8 Å². The van der Waals surface area contributed by atoms with Gasteiger partial charge in [0.2, 0.25) is 0 Å². The summed E-state index contributed by atoms with van der Waals surface area (Å²) in [5, 5.41) is 9.85. The lowest BCUT2D eigenvalue weighted by Gasteiger charge is -2.32. The molecule has 0 spiro atoms. The van der Waals surface area contributed by atoms with Crippen molar-refractivity contribution in [2.24, 2.45) is 7.05 Å². The Morgan fingerprint density at radius 2 is 1.72 bits per heavy atom. The first-order chi connectivity index (χ1) is 17.1. The van der Waals surface area contributed by atoms with Crippen molar-refractivity contribution in [1.29, 1.82) is 0 Å². The normalized spacial score (nSPS) is 14.4. The van der Waals surface area contributed by atoms with Gasteiger partial charge in [-0.2, -0.15) is 5.10 Å². The van der Waals surface area contributed by atoms with Gasteiger partial charge in [0.15, 0.2) is 0 Å². The number of aryl methyl sites for hydroxylation is 1. The molecular weight excluding hydrogens is 461 g/mol. The zero-order chi connectivity index (χ0) is 25.9. The zero-order valence-corrected chi connectivity index (χ0v) is 21.0. The van der Waals surface area contributed by atoms with Crippen LogP contribution < -0.4 is 15.4 Å². The predicted octanol–water partition coefficient (Wildman–Crippen LogP) is 5.18. The molecule has 1 saturated heterocycles. The van der Waals surface area contributed by atoms with Crippen LogP contribution >= 0.6 is 0 Å². The van der Waals surface area contributed by atoms with Crippen LogP contribution in [0.4, 0.5) is 20.7 Å². The van der Waals surface area contributed by atoms with Crippen LogP contribution in [0.15, 0.2) is 54.6 Å². The minimum atomic E-state index is -0.518. The van der Waals surface area contributed by atoms with Gasteiger partial charge in [0.25, 0.3) is 5.91 Å². The molecule has 4 rings (SSSR count). The van der Waals surface area contributed by atoms with Crippen LogP contribution in [-0.2, 0) is 12.5 Å². The predicted molar refractivity (Wildman–Crippen MR) is 137 cm³/mol. The van der Waals surface area contributed by atoms with Crippen LogP contribution in [0.2, 0.25) is 0 Å². The summed E-state index contributed by atoms with van der Waals surface area (Å²) in [6.45, 7) is 7.24. The van der Waals surface area contributed by atoms with E-state index in [0.717, 1.165) is 5.69 Å². The van der Waals surface area contributed by atoms with Crippen LogP contribution in [0.3, 0.4) is 0 Å². The van der Waals surface area contributed by atoms with Crippen molar-refractivity contribution in [2.75, 3.05) is 23.7 Å². The first kappa shape index (κ1) is 25.2. The maximum Gasteiger partial charge on any atom is 0.324 e. The molecule has 1 aromatic heterocycles. The highest BCUT2D eigenvalue weighted by molar-refractivity contribution is 5.99. The molecule has 3 amide bonds. The zero-order valence-electron chi connectivity index (χ0n) is 21.0. The van der Waals surface area contributed by atoms with E-state index in [0.29, 0.717) is 43.1 Å². The van der Waals surface area contributed by atoms with E-state index in [1.165, 1.54) is 12.1 Å². The average Bonchev–Trinajstić information content (AvgIpc) is 3.20. The van der Waals surface area contributed by atoms with Gasteiger partial charge in [-0.25, -0.2) is 9.18 Å². The Balaban J connectivity index is 1.34. The van der Waals surface area contributed by atoms with Gasteiger partial charge in [0, 0.05) is 67.8 Å². The topological polar surface area (TPSA) is 88.5 Å². The molecule has 1 fully saturated rings. The Morgan fingerprint density at radius 3 is 2.36 bits per heavy atom. The van der Waals surface area contributed by atoms with Crippen LogP contribution in [0.1, 0.15) is 49.7 Å². The molecule has 3 aromatic rings. The first-order valence-corrected chi connectivity index (χ1v) is 12.0. The number of piperidine rings is 1. The van der Waals surface area contributed by atoms with Crippen LogP contribution in [-0.4, -0.2) is 45.8 Å². The monoisotopic (exact) mass is 493 g/mol. The molecule has 1 aliphatic heterocycles. The third-order valence-corrected chi connectivity index (χ3v) is 6.07. The number of carbonyl (C=O) groups excluding carboxylic acids is 2. The lowest BCUT2D eigenvalue weighted by molar-refractivity contribution is 0.0595. The molecule has 2 heterocycles. The molecular formula is C27H32FN5O3. The summed E-state index contributed by atoms with van der Waals surface area (Å²) in [7, 11) is 1.75. The van der Waals surface area contributed by atoms with Crippen molar-refractivity contribution >= 4 is 23.4 Å². The quantitative estimate of drug-likeness (QED) is 0.512. The molecule has 0 bridgehead atoms. The second kappa shape index (κ2) is 10.4. The number of nitrogens with zero attached hydrogens (tertiary/aromatic N) is 3. The van der Waals surface area contributed by atoms with Crippen molar-refractivity contribution in [3.05, 3.63) is 71.7 Å². The Kier molecular flexibility index (Phi) is 7.28. The van der Waals surface area contributed by atoms with Gasteiger partial charge < -0.3 is 15.0 Å². The van der Waals surface area contributed by atoms with E-state index in [2.05, 4.69) is 15.7 Å². The van der Waals surface area contributed by atoms with Crippen molar-refractivity contribution in [3.8, 4) is 5.75 Å². The van der Waals surface area contributed by atoms with E-state index in [1.54, 1.807) is 29.9 Å². The summed E-state index contributed by atoms with van der Waals surface area (Å²) in [5.41, 5.74) is 1.63. The van der Waals surface area contributed by atoms with Gasteiger partial charge in [-0.05, 0) is 18.2 Å². The number of likely N-dealkylation sites (tertiary alicyclic amines) is 1. The van der Waals surface area contributed by atoms with Crippen LogP contribution in [0, 0.1) is 5.82 Å². The van der Waals surface area contributed by atoms with Gasteiger partial charge in [-0.15, -0.1) is 0 Å². The largest absolute Gasteiger partial charge is 0.490 e. The number of benzene rings is 2. The summed E-state index contributed by atoms with van der Waals surface area (Å²) in [6, 6.07) is 14.6. The second-order valence-corrected chi connectivity index (χ2v) is 10.0. The van der Waals surface area contributed by atoms with E-state index in [1.807, 2.05) is 49.9 Å². The van der Waals surface area contributed by atoms with Gasteiger partial charge in [0.05, 0.1) is 5.69 Å². The SMILES string of the molecule is Cn1nc(C(C)(C)C)cc1NC(=O)Nc1cc(F)cc(OC2CCN(C(=O)c3ccccc3)CC2)c1. The molecule has 0 unspecified atom stereocenters. The third-order valence-electron chi connectivity index (χ3n) is 6.07. The number of urea groups is 1. The van der Waals surface area contributed by atoms with Gasteiger partial charge in [-0.1, -0.05) is 39.0 Å². The van der Waals surface area contributed by atoms with Gasteiger partial charge >= 0.3 is 6.03 Å². The third kappa shape index (κ3) is 6.21. The fourth-order valence-electron chi connectivity index (χ4n) is 4.06. The van der Waals surface area contributed by atoms with E-state index in [4.69, 9.17) is 4.74 Å². The Morgan fingerprint density at radius 1 is 1.03 bits per heavy atom. The molecule has 0 saturated carbocycles. The Hall–Kier alpha value is -3.88. The number of carbonyl (C=O) groups is 2. The van der Waals surface area contributed by atoms with E-state index >= 15 is 0 Å². The fourth-order valence-corrected chi connectivity index (χ4v) is 4.06. The number of rotatable bonds is 5. The molecule has 0 atom stereocenters. The van der Waals surface area contributed by atoms with Gasteiger partial charge in [-0.3, -0.25) is 14.8 Å². The Bertz CT molecular complexity index is 1230. The highest BCUT2D eigenvalue weighted by Crippen LogP contribution is 2.26. The summed E-state index contributed by atoms with van der Waals surface area (Å²) < 4.78 is 21.9. The number of nitrogens with one attached hydrogen (secondary N) is 2. The lowest BCUT2D eigenvalue weighted by Crippen LogP contribution is -2.41. The maximum absolute atomic E-state index is 14.3. The number of aromatic nitrogens is 2. The molecule has 8 nitrogen and oxygen atoms in total. The number of hydrogen-bond donors (Lipinski definition) is 2. The molecule has 9 heteroatoms. The molecule has 0 radical (unpaired) electrons. The summed E-state index contributed by atoms with van der Waals surface area (Å²) in [4.78, 5) is 27.0. The number of hydrogen-bond acceptors (Lipinski definition) is 4. The summed E-state index contributed by atoms with van der Waals surface area (Å²) in [6.07, 6.45) is 1.11. The van der Waals surface area contributed by atoms with Crippen molar-refractivity contribution in [1.82, 2.24) is 14.7 Å². The number of ether oxygens (including phenoxy) is 1. The van der Waals surface area contributed by atoms with Crippen molar-refractivity contribution in [3.63, 3.8) is 0 Å². The Labute approximate surface area is 210 Å². The maximum atomic E-state index is 14.3. The smallest absolute Gasteiger partial charge is 0.324 e. The summed E-state index contributed by atoms with van der Waals surface area (Å²) >= 11 is 0. The number of amides is 3. The molecule has 1 aliphatic rings.